The largest absolute Gasteiger partial charge is 0.298 e. The maximum absolute atomic E-state index is 11.3. The summed E-state index contributed by atoms with van der Waals surface area (Å²) in [7, 11) is 0. The zero-order valence-corrected chi connectivity index (χ0v) is 8.62. The molecule has 2 saturated carbocycles. The smallest absolute Gasteiger partial charge is 0.146 e. The van der Waals surface area contributed by atoms with E-state index in [9.17, 15) is 4.79 Å². The summed E-state index contributed by atoms with van der Waals surface area (Å²) in [6.07, 6.45) is 5.39. The minimum Gasteiger partial charge on any atom is -0.298 e. The zero-order valence-electron chi connectivity index (χ0n) is 8.62. The van der Waals surface area contributed by atoms with Gasteiger partial charge >= 0.3 is 0 Å². The summed E-state index contributed by atoms with van der Waals surface area (Å²) in [5, 5.41) is 0. The first-order chi connectivity index (χ1) is 6.18. The van der Waals surface area contributed by atoms with Crippen molar-refractivity contribution in [3.8, 4) is 0 Å². The Hall–Kier alpha value is -0.370. The third-order valence-electron chi connectivity index (χ3n) is 3.27. The quantitative estimate of drug-likeness (QED) is 0.645. The van der Waals surface area contributed by atoms with Gasteiger partial charge in [0.05, 0.1) is 6.04 Å². The number of carbonyl (C=O) groups is 1. The molecule has 0 aromatic heterocycles. The Morgan fingerprint density at radius 3 is 2.38 bits per heavy atom. The van der Waals surface area contributed by atoms with Crippen LogP contribution in [0.4, 0.5) is 0 Å². The van der Waals surface area contributed by atoms with Crippen molar-refractivity contribution in [3.63, 3.8) is 0 Å². The van der Waals surface area contributed by atoms with E-state index < -0.39 is 0 Å². The van der Waals surface area contributed by atoms with Crippen molar-refractivity contribution in [2.24, 2.45) is 5.92 Å². The van der Waals surface area contributed by atoms with Crippen LogP contribution in [0.2, 0.25) is 0 Å². The van der Waals surface area contributed by atoms with Crippen molar-refractivity contribution >= 4 is 5.78 Å². The fourth-order valence-electron chi connectivity index (χ4n) is 1.86. The predicted molar refractivity (Wildman–Crippen MR) is 52.6 cm³/mol. The average Bonchev–Trinajstić information content (AvgIpc) is 2.90. The topological polar surface area (TPSA) is 20.3 Å². The van der Waals surface area contributed by atoms with Crippen molar-refractivity contribution in [1.82, 2.24) is 4.90 Å². The van der Waals surface area contributed by atoms with Crippen LogP contribution < -0.4 is 0 Å². The molecule has 0 saturated heterocycles. The minimum absolute atomic E-state index is 0.160. The number of hydrogen-bond donors (Lipinski definition) is 0. The summed E-state index contributed by atoms with van der Waals surface area (Å²) in [6, 6.07) is 0.896. The Morgan fingerprint density at radius 1 is 1.38 bits per heavy atom. The van der Waals surface area contributed by atoms with E-state index in [-0.39, 0.29) is 6.04 Å². The second-order valence-corrected chi connectivity index (χ2v) is 4.66. The zero-order chi connectivity index (χ0) is 9.42. The molecule has 0 amide bonds. The number of Topliss-reactive ketones (excluding diaryl/α,β-unsaturated/α-hetero) is 1. The fourth-order valence-corrected chi connectivity index (χ4v) is 1.86. The van der Waals surface area contributed by atoms with E-state index in [1.54, 1.807) is 6.92 Å². The lowest BCUT2D eigenvalue weighted by Crippen LogP contribution is -2.40. The van der Waals surface area contributed by atoms with Crippen LogP contribution in [0.15, 0.2) is 0 Å². The monoisotopic (exact) mass is 181 g/mol. The van der Waals surface area contributed by atoms with E-state index in [0.29, 0.717) is 5.78 Å². The van der Waals surface area contributed by atoms with Crippen LogP contribution in [0.1, 0.15) is 39.5 Å². The summed E-state index contributed by atoms with van der Waals surface area (Å²) in [5.41, 5.74) is 0. The molecule has 0 radical (unpaired) electrons. The van der Waals surface area contributed by atoms with Gasteiger partial charge in [-0.05, 0) is 45.4 Å². The highest BCUT2D eigenvalue weighted by molar-refractivity contribution is 5.81. The molecule has 1 unspecified atom stereocenters. The molecular formula is C11H19NO. The average molecular weight is 181 g/mol. The number of rotatable bonds is 5. The number of nitrogens with zero attached hydrogens (tertiary/aromatic N) is 1. The van der Waals surface area contributed by atoms with E-state index in [2.05, 4.69) is 11.8 Å². The number of ketones is 1. The third kappa shape index (κ3) is 2.31. The first kappa shape index (κ1) is 9.20. The van der Waals surface area contributed by atoms with Gasteiger partial charge in [-0.25, -0.2) is 0 Å². The second-order valence-electron chi connectivity index (χ2n) is 4.66. The molecule has 2 nitrogen and oxygen atoms in total. The van der Waals surface area contributed by atoms with Gasteiger partial charge in [0.2, 0.25) is 0 Å². The van der Waals surface area contributed by atoms with Gasteiger partial charge in [0.15, 0.2) is 0 Å². The van der Waals surface area contributed by atoms with Crippen LogP contribution in [0, 0.1) is 5.92 Å². The number of carbonyl (C=O) groups excluding carboxylic acids is 1. The lowest BCUT2D eigenvalue weighted by molar-refractivity contribution is -0.121. The molecule has 2 aliphatic carbocycles. The summed E-state index contributed by atoms with van der Waals surface area (Å²) in [4.78, 5) is 13.7. The van der Waals surface area contributed by atoms with Crippen molar-refractivity contribution in [3.05, 3.63) is 0 Å². The molecule has 2 aliphatic rings. The molecule has 0 spiro atoms. The Labute approximate surface area is 80.3 Å². The SMILES string of the molecule is CC(=O)C(C)N(CC1CC1)C1CC1. The van der Waals surface area contributed by atoms with Crippen molar-refractivity contribution in [2.75, 3.05) is 6.54 Å². The normalized spacial score (nSPS) is 24.8. The Balaban J connectivity index is 1.90. The highest BCUT2D eigenvalue weighted by Gasteiger charge is 2.37. The van der Waals surface area contributed by atoms with E-state index in [1.165, 1.54) is 32.2 Å². The van der Waals surface area contributed by atoms with Gasteiger partial charge < -0.3 is 0 Å². The van der Waals surface area contributed by atoms with E-state index in [0.717, 1.165) is 12.0 Å². The summed E-state index contributed by atoms with van der Waals surface area (Å²) in [6.45, 7) is 4.95. The van der Waals surface area contributed by atoms with Crippen molar-refractivity contribution in [1.29, 1.82) is 0 Å². The third-order valence-corrected chi connectivity index (χ3v) is 3.27. The van der Waals surface area contributed by atoms with Crippen molar-refractivity contribution < 1.29 is 4.79 Å². The summed E-state index contributed by atoms with van der Waals surface area (Å²) >= 11 is 0. The van der Waals surface area contributed by atoms with E-state index in [1.807, 2.05) is 0 Å². The molecule has 0 aromatic carbocycles. The van der Waals surface area contributed by atoms with Gasteiger partial charge in [-0.1, -0.05) is 0 Å². The standard InChI is InChI=1S/C11H19NO/c1-8(9(2)13)12(11-5-6-11)7-10-3-4-10/h8,10-11H,3-7H2,1-2H3. The molecule has 74 valence electrons. The molecule has 0 heterocycles. The van der Waals surface area contributed by atoms with E-state index >= 15 is 0 Å². The Kier molecular flexibility index (Phi) is 2.41. The Morgan fingerprint density at radius 2 is 2.00 bits per heavy atom. The number of hydrogen-bond acceptors (Lipinski definition) is 2. The first-order valence-corrected chi connectivity index (χ1v) is 5.44. The Bertz CT molecular complexity index is 206. The van der Waals surface area contributed by atoms with Gasteiger partial charge in [-0.15, -0.1) is 0 Å². The lowest BCUT2D eigenvalue weighted by Gasteiger charge is -2.27. The molecule has 13 heavy (non-hydrogen) atoms. The van der Waals surface area contributed by atoms with Crippen LogP contribution in [0.5, 0.6) is 0 Å². The molecule has 0 bridgehead atoms. The minimum atomic E-state index is 0.160. The first-order valence-electron chi connectivity index (χ1n) is 5.44. The van der Waals surface area contributed by atoms with Crippen LogP contribution in [0.3, 0.4) is 0 Å². The molecule has 1 atom stereocenters. The maximum atomic E-state index is 11.3. The van der Waals surface area contributed by atoms with Gasteiger partial charge in [-0.2, -0.15) is 0 Å². The van der Waals surface area contributed by atoms with Crippen molar-refractivity contribution in [2.45, 2.75) is 51.6 Å². The maximum Gasteiger partial charge on any atom is 0.146 e. The van der Waals surface area contributed by atoms with Gasteiger partial charge in [-0.3, -0.25) is 9.69 Å². The van der Waals surface area contributed by atoms with Gasteiger partial charge in [0, 0.05) is 12.6 Å². The highest BCUT2D eigenvalue weighted by Crippen LogP contribution is 2.35. The van der Waals surface area contributed by atoms with E-state index in [4.69, 9.17) is 0 Å². The molecular weight excluding hydrogens is 162 g/mol. The molecule has 0 aromatic rings. The predicted octanol–water partition coefficient (Wildman–Crippen LogP) is 1.84. The molecule has 2 rings (SSSR count). The summed E-state index contributed by atoms with van der Waals surface area (Å²) < 4.78 is 0. The van der Waals surface area contributed by atoms with Gasteiger partial charge in [0.1, 0.15) is 5.78 Å². The molecule has 0 aliphatic heterocycles. The lowest BCUT2D eigenvalue weighted by atomic mass is 10.2. The van der Waals surface area contributed by atoms with Gasteiger partial charge in [0.25, 0.3) is 0 Å². The van der Waals surface area contributed by atoms with Crippen LogP contribution >= 0.6 is 0 Å². The van der Waals surface area contributed by atoms with Crippen LogP contribution in [0.25, 0.3) is 0 Å². The molecule has 0 N–H and O–H groups in total. The molecule has 2 heteroatoms. The highest BCUT2D eigenvalue weighted by atomic mass is 16.1. The fraction of sp³-hybridized carbons (Fsp3) is 0.909. The van der Waals surface area contributed by atoms with Crippen LogP contribution in [-0.2, 0) is 4.79 Å². The molecule has 2 fully saturated rings. The second kappa shape index (κ2) is 3.41. The van der Waals surface area contributed by atoms with Crippen LogP contribution in [-0.4, -0.2) is 29.3 Å². The summed E-state index contributed by atoms with van der Waals surface area (Å²) in [5.74, 6) is 1.23.